The Hall–Kier alpha value is -1.39. The number of aliphatic hydroxyl groups is 1. The van der Waals surface area contributed by atoms with Gasteiger partial charge >= 0.3 is 0 Å². The number of benzene rings is 2. The molecule has 1 N–H and O–H groups in total. The van der Waals surface area contributed by atoms with Crippen LogP contribution >= 0.6 is 15.9 Å². The van der Waals surface area contributed by atoms with Crippen LogP contribution in [0.2, 0.25) is 0 Å². The number of halogens is 2. The molecule has 2 nitrogen and oxygen atoms in total. The summed E-state index contributed by atoms with van der Waals surface area (Å²) in [5, 5.41) is 9.34. The monoisotopic (exact) mass is 324 g/mol. The number of rotatable bonds is 4. The SMILES string of the molecule is C[C@H](O)c1ccc(OCc2ccc(Br)cc2)cc1F. The second-order valence-corrected chi connectivity index (χ2v) is 5.19. The topological polar surface area (TPSA) is 29.5 Å². The molecule has 0 saturated heterocycles. The number of aliphatic hydroxyl groups excluding tert-OH is 1. The minimum atomic E-state index is -0.819. The summed E-state index contributed by atoms with van der Waals surface area (Å²) in [5.41, 5.74) is 1.28. The largest absolute Gasteiger partial charge is 0.489 e. The first-order valence-corrected chi connectivity index (χ1v) is 6.70. The fourth-order valence-corrected chi connectivity index (χ4v) is 1.95. The van der Waals surface area contributed by atoms with Crippen molar-refractivity contribution < 1.29 is 14.2 Å². The van der Waals surface area contributed by atoms with Crippen LogP contribution in [-0.4, -0.2) is 5.11 Å². The first-order chi connectivity index (χ1) is 9.06. The van der Waals surface area contributed by atoms with Crippen LogP contribution in [0.15, 0.2) is 46.9 Å². The lowest BCUT2D eigenvalue weighted by Gasteiger charge is -2.10. The molecule has 0 bridgehead atoms. The molecule has 0 heterocycles. The summed E-state index contributed by atoms with van der Waals surface area (Å²) >= 11 is 3.36. The summed E-state index contributed by atoms with van der Waals surface area (Å²) in [4.78, 5) is 0. The molecule has 0 saturated carbocycles. The van der Waals surface area contributed by atoms with E-state index >= 15 is 0 Å². The van der Waals surface area contributed by atoms with Crippen LogP contribution in [0.25, 0.3) is 0 Å². The van der Waals surface area contributed by atoms with Gasteiger partial charge in [-0.15, -0.1) is 0 Å². The average Bonchev–Trinajstić information content (AvgIpc) is 2.37. The molecule has 0 fully saturated rings. The van der Waals surface area contributed by atoms with Crippen LogP contribution in [-0.2, 0) is 6.61 Å². The Morgan fingerprint density at radius 3 is 2.47 bits per heavy atom. The van der Waals surface area contributed by atoms with Gasteiger partial charge in [0.2, 0.25) is 0 Å². The van der Waals surface area contributed by atoms with Gasteiger partial charge in [0.1, 0.15) is 18.2 Å². The second-order valence-electron chi connectivity index (χ2n) is 4.27. The molecule has 2 aromatic rings. The van der Waals surface area contributed by atoms with E-state index in [1.165, 1.54) is 19.1 Å². The lowest BCUT2D eigenvalue weighted by Crippen LogP contribution is -1.99. The Morgan fingerprint density at radius 1 is 1.21 bits per heavy atom. The van der Waals surface area contributed by atoms with E-state index in [9.17, 15) is 9.50 Å². The Bertz CT molecular complexity index is 553. The van der Waals surface area contributed by atoms with Crippen molar-refractivity contribution in [3.8, 4) is 5.75 Å². The van der Waals surface area contributed by atoms with Crippen LogP contribution in [0.4, 0.5) is 4.39 Å². The maximum absolute atomic E-state index is 13.6. The normalized spacial score (nSPS) is 12.2. The van der Waals surface area contributed by atoms with Gasteiger partial charge in [0.15, 0.2) is 0 Å². The number of ether oxygens (including phenoxy) is 1. The molecule has 0 spiro atoms. The predicted molar refractivity (Wildman–Crippen MR) is 75.5 cm³/mol. The van der Waals surface area contributed by atoms with Crippen molar-refractivity contribution in [2.45, 2.75) is 19.6 Å². The molecule has 2 aromatic carbocycles. The van der Waals surface area contributed by atoms with Crippen LogP contribution in [0.5, 0.6) is 5.75 Å². The van der Waals surface area contributed by atoms with Crippen molar-refractivity contribution in [2.75, 3.05) is 0 Å². The van der Waals surface area contributed by atoms with E-state index in [2.05, 4.69) is 15.9 Å². The maximum atomic E-state index is 13.6. The third-order valence-corrected chi connectivity index (χ3v) is 3.27. The highest BCUT2D eigenvalue weighted by molar-refractivity contribution is 9.10. The number of hydrogen-bond acceptors (Lipinski definition) is 2. The molecule has 0 aliphatic carbocycles. The highest BCUT2D eigenvalue weighted by Gasteiger charge is 2.09. The summed E-state index contributed by atoms with van der Waals surface area (Å²) in [6.45, 7) is 1.90. The van der Waals surface area contributed by atoms with E-state index in [1.54, 1.807) is 6.07 Å². The molecule has 0 aliphatic rings. The average molecular weight is 325 g/mol. The van der Waals surface area contributed by atoms with Gasteiger partial charge in [0.05, 0.1) is 6.10 Å². The Labute approximate surface area is 120 Å². The molecule has 4 heteroatoms. The summed E-state index contributed by atoms with van der Waals surface area (Å²) < 4.78 is 20.1. The summed E-state index contributed by atoms with van der Waals surface area (Å²) in [6.07, 6.45) is -0.819. The fourth-order valence-electron chi connectivity index (χ4n) is 1.68. The molecule has 0 aromatic heterocycles. The van der Waals surface area contributed by atoms with Crippen molar-refractivity contribution in [1.29, 1.82) is 0 Å². The molecule has 2 rings (SSSR count). The van der Waals surface area contributed by atoms with Gasteiger partial charge in [-0.1, -0.05) is 28.1 Å². The van der Waals surface area contributed by atoms with Crippen LogP contribution in [0.1, 0.15) is 24.2 Å². The quantitative estimate of drug-likeness (QED) is 0.912. The zero-order valence-electron chi connectivity index (χ0n) is 10.4. The second kappa shape index (κ2) is 6.17. The Balaban J connectivity index is 2.04. The van der Waals surface area contributed by atoms with E-state index in [0.717, 1.165) is 10.0 Å². The van der Waals surface area contributed by atoms with E-state index < -0.39 is 11.9 Å². The standard InChI is InChI=1S/C15H14BrFO2/c1-10(18)14-7-6-13(8-15(14)17)19-9-11-2-4-12(16)5-3-11/h2-8,10,18H,9H2,1H3/t10-/m0/s1. The zero-order chi connectivity index (χ0) is 13.8. The molecule has 0 amide bonds. The third-order valence-electron chi connectivity index (χ3n) is 2.74. The predicted octanol–water partition coefficient (Wildman–Crippen LogP) is 4.22. The molecule has 0 unspecified atom stereocenters. The van der Waals surface area contributed by atoms with Gasteiger partial charge < -0.3 is 9.84 Å². The highest BCUT2D eigenvalue weighted by Crippen LogP contribution is 2.22. The van der Waals surface area contributed by atoms with Crippen molar-refractivity contribution in [3.63, 3.8) is 0 Å². The van der Waals surface area contributed by atoms with E-state index in [4.69, 9.17) is 4.74 Å². The zero-order valence-corrected chi connectivity index (χ0v) is 12.0. The van der Waals surface area contributed by atoms with E-state index in [0.29, 0.717) is 12.4 Å². The fraction of sp³-hybridized carbons (Fsp3) is 0.200. The van der Waals surface area contributed by atoms with Crippen molar-refractivity contribution in [2.24, 2.45) is 0 Å². The Kier molecular flexibility index (Phi) is 4.56. The van der Waals surface area contributed by atoms with Crippen molar-refractivity contribution in [3.05, 3.63) is 63.9 Å². The van der Waals surface area contributed by atoms with Crippen LogP contribution < -0.4 is 4.74 Å². The number of hydrogen-bond donors (Lipinski definition) is 1. The smallest absolute Gasteiger partial charge is 0.132 e. The van der Waals surface area contributed by atoms with Crippen LogP contribution in [0.3, 0.4) is 0 Å². The first-order valence-electron chi connectivity index (χ1n) is 5.91. The molecule has 100 valence electrons. The minimum Gasteiger partial charge on any atom is -0.489 e. The summed E-state index contributed by atoms with van der Waals surface area (Å²) in [5.74, 6) is -0.00637. The lowest BCUT2D eigenvalue weighted by atomic mass is 10.1. The molecule has 0 aliphatic heterocycles. The van der Waals surface area contributed by atoms with Crippen molar-refractivity contribution >= 4 is 15.9 Å². The maximum Gasteiger partial charge on any atom is 0.132 e. The molecular formula is C15H14BrFO2. The van der Waals surface area contributed by atoms with Crippen molar-refractivity contribution in [1.82, 2.24) is 0 Å². The lowest BCUT2D eigenvalue weighted by molar-refractivity contribution is 0.194. The van der Waals surface area contributed by atoms with E-state index in [-0.39, 0.29) is 5.56 Å². The summed E-state index contributed by atoms with van der Waals surface area (Å²) in [6, 6.07) is 12.2. The molecule has 0 radical (unpaired) electrons. The third kappa shape index (κ3) is 3.78. The van der Waals surface area contributed by atoms with Crippen LogP contribution in [0, 0.1) is 5.82 Å². The van der Waals surface area contributed by atoms with Gasteiger partial charge in [-0.05, 0) is 36.8 Å². The molecule has 19 heavy (non-hydrogen) atoms. The Morgan fingerprint density at radius 2 is 1.89 bits per heavy atom. The van der Waals surface area contributed by atoms with Gasteiger partial charge in [-0.25, -0.2) is 4.39 Å². The van der Waals surface area contributed by atoms with Gasteiger partial charge in [0, 0.05) is 16.1 Å². The van der Waals surface area contributed by atoms with Gasteiger partial charge in [-0.3, -0.25) is 0 Å². The van der Waals surface area contributed by atoms with Gasteiger partial charge in [-0.2, -0.15) is 0 Å². The highest BCUT2D eigenvalue weighted by atomic mass is 79.9. The summed E-state index contributed by atoms with van der Waals surface area (Å²) in [7, 11) is 0. The van der Waals surface area contributed by atoms with Gasteiger partial charge in [0.25, 0.3) is 0 Å². The molecular weight excluding hydrogens is 311 g/mol. The molecule has 1 atom stereocenters. The first kappa shape index (κ1) is 14.0. The minimum absolute atomic E-state index is 0.274. The van der Waals surface area contributed by atoms with E-state index in [1.807, 2.05) is 24.3 Å².